The first-order valence-corrected chi connectivity index (χ1v) is 23.4. The molecule has 66 heavy (non-hydrogen) atoms. The molecule has 0 fully saturated rings. The molecule has 0 aliphatic heterocycles. The molecule has 0 N–H and O–H groups in total. The lowest BCUT2D eigenvalue weighted by atomic mass is 9.88. The zero-order chi connectivity index (χ0) is 47.1. The van der Waals surface area contributed by atoms with Crippen molar-refractivity contribution in [3.63, 3.8) is 0 Å². The molecule has 2 aliphatic carbocycles. The molecule has 0 bridgehead atoms. The van der Waals surface area contributed by atoms with E-state index in [1.54, 1.807) is 0 Å². The highest BCUT2D eigenvalue weighted by Gasteiger charge is 2.19. The second-order valence-electron chi connectivity index (χ2n) is 18.4. The van der Waals surface area contributed by atoms with Crippen molar-refractivity contribution in [2.24, 2.45) is 0 Å². The van der Waals surface area contributed by atoms with Crippen molar-refractivity contribution in [1.82, 2.24) is 0 Å². The van der Waals surface area contributed by atoms with Gasteiger partial charge in [-0.05, 0) is 167 Å². The van der Waals surface area contributed by atoms with Crippen molar-refractivity contribution in [2.45, 2.75) is 40.8 Å². The van der Waals surface area contributed by atoms with E-state index >= 15 is 0 Å². The predicted molar refractivity (Wildman–Crippen MR) is 287 cm³/mol. The van der Waals surface area contributed by atoms with Crippen LogP contribution in [0.5, 0.6) is 0 Å². The number of allylic oxidation sites excluding steroid dienone is 10. The summed E-state index contributed by atoms with van der Waals surface area (Å²) in [7, 11) is 16.7. The van der Waals surface area contributed by atoms with Crippen LogP contribution in [0.2, 0.25) is 0 Å². The smallest absolute Gasteiger partial charge is 0.199 e. The third-order valence-electron chi connectivity index (χ3n) is 12.9. The Labute approximate surface area is 396 Å². The van der Waals surface area contributed by atoms with Crippen LogP contribution < -0.4 is 19.6 Å². The lowest BCUT2D eigenvalue weighted by Gasteiger charge is -2.26. The molecule has 6 heteroatoms. The lowest BCUT2D eigenvalue weighted by Crippen LogP contribution is -2.23. The van der Waals surface area contributed by atoms with Crippen LogP contribution in [-0.2, 0) is 13.1 Å². The molecule has 0 atom stereocenters. The average molecular weight is 875 g/mol. The minimum Gasteiger partial charge on any atom is -0.378 e. The standard InChI is InChI=1S/C60H70N6/c1-13-65(55-35-37-57(43(3)39-55)59(47-19-27-51(28-20-47)61(5)6)48-21-29-52(30-22-48)62(7)8)41-45-15-17-46(18-16-45)42-66(14-2)56-36-38-58(44(4)40-56)60(49-23-31-53(32-24-49)63(9)10)50-25-33-54(34-26-50)64(11)12/h15-40H,13-14,41-42H2,1-12H3/q+2. The van der Waals surface area contributed by atoms with E-state index in [0.29, 0.717) is 0 Å². The molecule has 0 aromatic heterocycles. The topological polar surface area (TPSA) is 19.0 Å². The highest BCUT2D eigenvalue weighted by molar-refractivity contribution is 6.05. The summed E-state index contributed by atoms with van der Waals surface area (Å²) in [6.07, 6.45) is 17.9. The van der Waals surface area contributed by atoms with Gasteiger partial charge in [-0.3, -0.25) is 0 Å². The summed E-state index contributed by atoms with van der Waals surface area (Å²) >= 11 is 0. The van der Waals surface area contributed by atoms with Crippen LogP contribution >= 0.6 is 0 Å². The summed E-state index contributed by atoms with van der Waals surface area (Å²) in [5, 5.41) is 0. The maximum atomic E-state index is 2.48. The van der Waals surface area contributed by atoms with Crippen molar-refractivity contribution < 1.29 is 9.15 Å². The van der Waals surface area contributed by atoms with E-state index in [9.17, 15) is 0 Å². The lowest BCUT2D eigenvalue weighted by molar-refractivity contribution is -0.462. The van der Waals surface area contributed by atoms with E-state index in [0.717, 1.165) is 26.2 Å². The number of nitrogens with zero attached hydrogens (tertiary/aromatic N) is 6. The van der Waals surface area contributed by atoms with Gasteiger partial charge in [0.05, 0.1) is 0 Å². The Morgan fingerprint density at radius 2 is 0.727 bits per heavy atom. The molecule has 2 aliphatic rings. The number of hydrogen-bond acceptors (Lipinski definition) is 4. The Bertz CT molecular complexity index is 2570. The van der Waals surface area contributed by atoms with Crippen LogP contribution in [-0.4, -0.2) is 90.0 Å². The summed E-state index contributed by atoms with van der Waals surface area (Å²) in [5.41, 5.74) is 22.2. The molecule has 0 amide bonds. The van der Waals surface area contributed by atoms with Crippen LogP contribution in [0.3, 0.4) is 0 Å². The van der Waals surface area contributed by atoms with Crippen molar-refractivity contribution >= 4 is 45.3 Å². The van der Waals surface area contributed by atoms with E-state index in [4.69, 9.17) is 0 Å². The summed E-state index contributed by atoms with van der Waals surface area (Å²) in [4.78, 5) is 9.25. The maximum absolute atomic E-state index is 2.48. The van der Waals surface area contributed by atoms with E-state index in [1.807, 2.05) is 0 Å². The van der Waals surface area contributed by atoms with Gasteiger partial charge in [-0.15, -0.1) is 0 Å². The molecule has 0 heterocycles. The zero-order valence-electron chi connectivity index (χ0n) is 41.5. The van der Waals surface area contributed by atoms with Crippen molar-refractivity contribution in [3.8, 4) is 0 Å². The van der Waals surface area contributed by atoms with Gasteiger partial charge in [-0.25, -0.2) is 9.15 Å². The summed E-state index contributed by atoms with van der Waals surface area (Å²) < 4.78 is 4.30. The van der Waals surface area contributed by atoms with Crippen molar-refractivity contribution in [3.05, 3.63) is 213 Å². The molecular weight excluding hydrogens is 805 g/mol. The number of rotatable bonds is 14. The molecule has 7 rings (SSSR count). The predicted octanol–water partition coefficient (Wildman–Crippen LogP) is 11.8. The van der Waals surface area contributed by atoms with E-state index < -0.39 is 0 Å². The highest BCUT2D eigenvalue weighted by Crippen LogP contribution is 2.36. The molecule has 5 aromatic carbocycles. The second-order valence-corrected chi connectivity index (χ2v) is 18.4. The number of anilines is 4. The monoisotopic (exact) mass is 875 g/mol. The quantitative estimate of drug-likeness (QED) is 0.103. The van der Waals surface area contributed by atoms with Gasteiger partial charge in [-0.2, -0.15) is 0 Å². The normalized spacial score (nSPS) is 13.0. The molecule has 0 radical (unpaired) electrons. The fourth-order valence-electron chi connectivity index (χ4n) is 8.87. The van der Waals surface area contributed by atoms with Crippen LogP contribution in [0.1, 0.15) is 58.4 Å². The Hall–Kier alpha value is -6.92. The number of benzene rings is 5. The Balaban J connectivity index is 1.09. The van der Waals surface area contributed by atoms with E-state index in [-0.39, 0.29) is 0 Å². The third kappa shape index (κ3) is 10.8. The van der Waals surface area contributed by atoms with Crippen LogP contribution in [0, 0.1) is 13.8 Å². The van der Waals surface area contributed by atoms with Crippen LogP contribution in [0.25, 0.3) is 11.1 Å². The van der Waals surface area contributed by atoms with Gasteiger partial charge in [0.25, 0.3) is 0 Å². The first-order chi connectivity index (χ1) is 31.7. The summed E-state index contributed by atoms with van der Waals surface area (Å²) in [5.74, 6) is 0. The van der Waals surface area contributed by atoms with Gasteiger partial charge < -0.3 is 19.6 Å². The third-order valence-corrected chi connectivity index (χ3v) is 12.9. The van der Waals surface area contributed by atoms with Crippen molar-refractivity contribution in [2.75, 3.05) is 89.1 Å². The van der Waals surface area contributed by atoms with Gasteiger partial charge >= 0.3 is 0 Å². The van der Waals surface area contributed by atoms with Crippen LogP contribution in [0.15, 0.2) is 169 Å². The van der Waals surface area contributed by atoms with Crippen molar-refractivity contribution in [1.29, 1.82) is 0 Å². The minimum atomic E-state index is 0.844. The fraction of sp³-hybridized carbons (Fsp3) is 0.267. The minimum absolute atomic E-state index is 0.844. The SMILES string of the molecule is CCN(Cc1ccc(CN(CC)c2ccc(C(=C3C=CC(=[N+](C)C)C=C3)c3ccc(N(C)C)cc3)c(C)c2)cc1)c1ccc(C(=C2C=CC(=[N+](C)C)C=C2)c2ccc(N(C)C)cc2)c(C)c1. The Morgan fingerprint density at radius 3 is 1.00 bits per heavy atom. The molecular formula is C60H70N6+2. The molecule has 338 valence electrons. The Kier molecular flexibility index (Phi) is 14.9. The van der Waals surface area contributed by atoms with Crippen LogP contribution in [0.4, 0.5) is 22.7 Å². The van der Waals surface area contributed by atoms with Gasteiger partial charge in [0, 0.05) is 101 Å². The Morgan fingerprint density at radius 1 is 0.409 bits per heavy atom. The molecule has 0 saturated heterocycles. The maximum Gasteiger partial charge on any atom is 0.199 e. The summed E-state index contributed by atoms with van der Waals surface area (Å²) in [6.45, 7) is 12.5. The molecule has 5 aromatic rings. The fourth-order valence-corrected chi connectivity index (χ4v) is 8.87. The van der Waals surface area contributed by atoms with E-state index in [1.165, 1.54) is 101 Å². The first kappa shape index (κ1) is 47.1. The second kappa shape index (κ2) is 20.9. The van der Waals surface area contributed by atoms with Gasteiger partial charge in [0.15, 0.2) is 11.4 Å². The highest BCUT2D eigenvalue weighted by atomic mass is 15.1. The van der Waals surface area contributed by atoms with Gasteiger partial charge in [0.2, 0.25) is 0 Å². The summed E-state index contributed by atoms with van der Waals surface area (Å²) in [6, 6.07) is 41.1. The number of hydrogen-bond donors (Lipinski definition) is 0. The average Bonchev–Trinajstić information content (AvgIpc) is 3.32. The zero-order valence-corrected chi connectivity index (χ0v) is 41.5. The molecule has 0 saturated carbocycles. The molecule has 0 spiro atoms. The van der Waals surface area contributed by atoms with E-state index in [2.05, 4.69) is 271 Å². The largest absolute Gasteiger partial charge is 0.378 e. The van der Waals surface area contributed by atoms with Gasteiger partial charge in [-0.1, -0.05) is 60.7 Å². The molecule has 6 nitrogen and oxygen atoms in total. The molecule has 0 unspecified atom stereocenters. The first-order valence-electron chi connectivity index (χ1n) is 23.4. The number of aryl methyl sites for hydroxylation is 2. The van der Waals surface area contributed by atoms with Gasteiger partial charge in [0.1, 0.15) is 28.2 Å².